The van der Waals surface area contributed by atoms with E-state index in [4.69, 9.17) is 0 Å². The average molecular weight is 192 g/mol. The van der Waals surface area contributed by atoms with Crippen molar-refractivity contribution >= 4 is 11.7 Å². The molecule has 0 aliphatic heterocycles. The van der Waals surface area contributed by atoms with Gasteiger partial charge in [-0.05, 0) is 12.1 Å². The van der Waals surface area contributed by atoms with E-state index in [9.17, 15) is 0 Å². The molecule has 0 spiro atoms. The summed E-state index contributed by atoms with van der Waals surface area (Å²) in [4.78, 5) is 7.52. The fourth-order valence-corrected chi connectivity index (χ4v) is 0.610. The molecule has 0 unspecified atom stereocenters. The predicted octanol–water partition coefficient (Wildman–Crippen LogP) is 4.17. The molecule has 0 heterocycles. The zero-order valence-corrected chi connectivity index (χ0v) is 9.78. The van der Waals surface area contributed by atoms with Gasteiger partial charge in [-0.1, -0.05) is 45.9 Å². The van der Waals surface area contributed by atoms with Crippen molar-refractivity contribution in [3.05, 3.63) is 30.3 Å². The maximum atomic E-state index is 3.91. The van der Waals surface area contributed by atoms with Crippen LogP contribution >= 0.6 is 0 Å². The Morgan fingerprint density at radius 3 is 1.86 bits per heavy atom. The van der Waals surface area contributed by atoms with Gasteiger partial charge in [-0.3, -0.25) is 0 Å². The first-order valence-electron chi connectivity index (χ1n) is 5.03. The number of aliphatic imine (C=N–C) groups is 2. The van der Waals surface area contributed by atoms with Crippen molar-refractivity contribution in [2.45, 2.75) is 27.7 Å². The molecule has 0 N–H and O–H groups in total. The molecule has 0 atom stereocenters. The molecule has 14 heavy (non-hydrogen) atoms. The summed E-state index contributed by atoms with van der Waals surface area (Å²) >= 11 is 0. The highest BCUT2D eigenvalue weighted by Crippen LogP contribution is 2.07. The van der Waals surface area contributed by atoms with Gasteiger partial charge in [0.05, 0.1) is 11.7 Å². The van der Waals surface area contributed by atoms with Crippen molar-refractivity contribution in [3.63, 3.8) is 0 Å². The summed E-state index contributed by atoms with van der Waals surface area (Å²) in [7, 11) is 1.65. The van der Waals surface area contributed by atoms with Crippen LogP contribution in [-0.4, -0.2) is 13.1 Å². The Kier molecular flexibility index (Phi) is 15.2. The van der Waals surface area contributed by atoms with E-state index in [-0.39, 0.29) is 0 Å². The van der Waals surface area contributed by atoms with E-state index in [1.54, 1.807) is 7.05 Å². The van der Waals surface area contributed by atoms with Gasteiger partial charge in [0.1, 0.15) is 0 Å². The molecule has 0 saturated heterocycles. The number of hydrogen-bond acceptors (Lipinski definition) is 2. The van der Waals surface area contributed by atoms with Crippen molar-refractivity contribution in [1.29, 1.82) is 0 Å². The molecule has 2 heteroatoms. The molecule has 0 amide bonds. The lowest BCUT2D eigenvalue weighted by atomic mass is 10.3. The summed E-state index contributed by atoms with van der Waals surface area (Å²) in [5, 5.41) is 0. The molecule has 0 saturated carbocycles. The van der Waals surface area contributed by atoms with Crippen molar-refractivity contribution in [2.24, 2.45) is 9.98 Å². The summed E-state index contributed by atoms with van der Waals surface area (Å²) in [5.41, 5.74) is 0.883. The number of para-hydroxylation sites is 1. The van der Waals surface area contributed by atoms with Crippen LogP contribution in [0.15, 0.2) is 40.3 Å². The van der Waals surface area contributed by atoms with Gasteiger partial charge >= 0.3 is 0 Å². The van der Waals surface area contributed by atoms with Crippen LogP contribution in [0.5, 0.6) is 0 Å². The molecule has 1 aromatic carbocycles. The highest BCUT2D eigenvalue weighted by Gasteiger charge is 1.79. The van der Waals surface area contributed by atoms with E-state index < -0.39 is 0 Å². The number of nitrogens with zero attached hydrogens (tertiary/aromatic N) is 2. The molecule has 78 valence electrons. The van der Waals surface area contributed by atoms with Gasteiger partial charge in [0.15, 0.2) is 0 Å². The van der Waals surface area contributed by atoms with E-state index in [1.807, 2.05) is 58.0 Å². The molecule has 0 fully saturated rings. The zero-order chi connectivity index (χ0) is 11.2. The maximum absolute atomic E-state index is 3.91. The quantitative estimate of drug-likeness (QED) is 0.596. The minimum atomic E-state index is 0.883. The van der Waals surface area contributed by atoms with Gasteiger partial charge in [0.25, 0.3) is 0 Å². The van der Waals surface area contributed by atoms with Crippen molar-refractivity contribution in [1.82, 2.24) is 0 Å². The second kappa shape index (κ2) is 14.1. The highest BCUT2D eigenvalue weighted by atomic mass is 14.8. The van der Waals surface area contributed by atoms with Gasteiger partial charge < -0.3 is 0 Å². The second-order valence-electron chi connectivity index (χ2n) is 1.77. The average Bonchev–Trinajstić information content (AvgIpc) is 2.33. The maximum Gasteiger partial charge on any atom is 0.0946 e. The topological polar surface area (TPSA) is 24.7 Å². The summed E-state index contributed by atoms with van der Waals surface area (Å²) in [6, 6.07) is 12.1. The lowest BCUT2D eigenvalue weighted by Crippen LogP contribution is -1.60. The molecule has 0 aliphatic rings. The van der Waals surface area contributed by atoms with E-state index in [0.29, 0.717) is 0 Å². The van der Waals surface area contributed by atoms with E-state index >= 15 is 0 Å². The van der Waals surface area contributed by atoms with Gasteiger partial charge in [-0.15, -0.1) is 0 Å². The largest absolute Gasteiger partial charge is 0.229 e. The lowest BCUT2D eigenvalue weighted by molar-refractivity contribution is 1.44. The van der Waals surface area contributed by atoms with Crippen LogP contribution < -0.4 is 0 Å². The van der Waals surface area contributed by atoms with Gasteiger partial charge in [0, 0.05) is 7.05 Å². The Morgan fingerprint density at radius 1 is 0.929 bits per heavy atom. The molecular formula is C12H20N2. The molecule has 1 rings (SSSR count). The minimum Gasteiger partial charge on any atom is -0.229 e. The Labute approximate surface area is 87.4 Å². The molecule has 1 aromatic rings. The third-order valence-corrected chi connectivity index (χ3v) is 1.04. The molecule has 2 nitrogen and oxygen atoms in total. The van der Waals surface area contributed by atoms with Crippen LogP contribution in [0, 0.1) is 0 Å². The molecule has 0 radical (unpaired) electrons. The van der Waals surface area contributed by atoms with Crippen LogP contribution in [0.3, 0.4) is 0 Å². The van der Waals surface area contributed by atoms with E-state index in [1.165, 1.54) is 0 Å². The number of benzene rings is 1. The van der Waals surface area contributed by atoms with Crippen molar-refractivity contribution in [2.75, 3.05) is 7.05 Å². The van der Waals surface area contributed by atoms with E-state index in [2.05, 4.69) is 16.0 Å². The first-order valence-corrected chi connectivity index (χ1v) is 5.03. The Hall–Kier alpha value is -1.40. The fraction of sp³-hybridized carbons (Fsp3) is 0.417. The molecule has 0 aromatic heterocycles. The van der Waals surface area contributed by atoms with Crippen LogP contribution in [-0.2, 0) is 0 Å². The summed E-state index contributed by atoms with van der Waals surface area (Å²) in [6.07, 6.45) is 0. The van der Waals surface area contributed by atoms with Gasteiger partial charge in [-0.2, -0.15) is 4.99 Å². The van der Waals surface area contributed by atoms with Crippen molar-refractivity contribution < 1.29 is 0 Å². The SMILES string of the molecule is CC.CC.CN=C=Nc1ccccc1. The second-order valence-corrected chi connectivity index (χ2v) is 1.77. The van der Waals surface area contributed by atoms with Gasteiger partial charge in [-0.25, -0.2) is 4.99 Å². The Balaban J connectivity index is 0. The smallest absolute Gasteiger partial charge is 0.0946 e. The zero-order valence-electron chi connectivity index (χ0n) is 9.78. The lowest BCUT2D eigenvalue weighted by Gasteiger charge is -1.84. The molecule has 0 aliphatic carbocycles. The summed E-state index contributed by atoms with van der Waals surface area (Å²) < 4.78 is 0. The first-order chi connectivity index (χ1) is 6.93. The van der Waals surface area contributed by atoms with Crippen LogP contribution in [0.25, 0.3) is 0 Å². The van der Waals surface area contributed by atoms with Crippen molar-refractivity contribution in [3.8, 4) is 0 Å². The first kappa shape index (κ1) is 15.1. The minimum absolute atomic E-state index is 0.883. The summed E-state index contributed by atoms with van der Waals surface area (Å²) in [5.74, 6) is 0. The van der Waals surface area contributed by atoms with Crippen LogP contribution in [0.4, 0.5) is 5.69 Å². The van der Waals surface area contributed by atoms with Crippen LogP contribution in [0.2, 0.25) is 0 Å². The monoisotopic (exact) mass is 192 g/mol. The highest BCUT2D eigenvalue weighted by molar-refractivity contribution is 5.51. The molecular weight excluding hydrogens is 172 g/mol. The third kappa shape index (κ3) is 8.69. The Morgan fingerprint density at radius 2 is 1.43 bits per heavy atom. The van der Waals surface area contributed by atoms with Crippen LogP contribution in [0.1, 0.15) is 27.7 Å². The van der Waals surface area contributed by atoms with Gasteiger partial charge in [0.2, 0.25) is 0 Å². The Bertz CT molecular complexity index is 246. The molecule has 0 bridgehead atoms. The number of rotatable bonds is 1. The normalized spacial score (nSPS) is 6.64. The predicted molar refractivity (Wildman–Crippen MR) is 64.6 cm³/mol. The fourth-order valence-electron chi connectivity index (χ4n) is 0.610. The standard InChI is InChI=1S/C8H8N2.2C2H6/c1-9-7-10-8-5-3-2-4-6-8;2*1-2/h2-6H,1H3;2*1-2H3. The van der Waals surface area contributed by atoms with E-state index in [0.717, 1.165) is 5.69 Å². The third-order valence-electron chi connectivity index (χ3n) is 1.04. The summed E-state index contributed by atoms with van der Waals surface area (Å²) in [6.45, 7) is 8.00. The number of hydrogen-bond donors (Lipinski definition) is 0.